The van der Waals surface area contributed by atoms with Gasteiger partial charge in [-0.05, 0) is 57.6 Å². The summed E-state index contributed by atoms with van der Waals surface area (Å²) in [6, 6.07) is 4.86. The highest BCUT2D eigenvalue weighted by molar-refractivity contribution is 7.99. The molecule has 3 aliphatic rings. The summed E-state index contributed by atoms with van der Waals surface area (Å²) in [5.74, 6) is 4.09. The van der Waals surface area contributed by atoms with Crippen molar-refractivity contribution in [2.45, 2.75) is 75.2 Å². The molecule has 0 bridgehead atoms. The summed E-state index contributed by atoms with van der Waals surface area (Å²) in [4.78, 5) is 14.8. The van der Waals surface area contributed by atoms with Gasteiger partial charge in [-0.1, -0.05) is 11.8 Å². The molecule has 26 heavy (non-hydrogen) atoms. The third-order valence-electron chi connectivity index (χ3n) is 5.30. The van der Waals surface area contributed by atoms with Crippen molar-refractivity contribution in [1.82, 2.24) is 19.7 Å². The summed E-state index contributed by atoms with van der Waals surface area (Å²) in [5, 5.41) is 9.76. The number of aryl methyl sites for hydroxylation is 1. The third kappa shape index (κ3) is 3.41. The maximum Gasteiger partial charge on any atom is 0.233 e. The van der Waals surface area contributed by atoms with Gasteiger partial charge in [0.25, 0.3) is 0 Å². The van der Waals surface area contributed by atoms with E-state index < -0.39 is 0 Å². The van der Waals surface area contributed by atoms with E-state index in [9.17, 15) is 4.79 Å². The number of hydrogen-bond acceptors (Lipinski definition) is 5. The summed E-state index contributed by atoms with van der Waals surface area (Å²) < 4.78 is 7.99. The number of carbonyl (C=O) groups excluding carboxylic acids is 1. The van der Waals surface area contributed by atoms with Crippen LogP contribution in [0.4, 0.5) is 0 Å². The lowest BCUT2D eigenvalue weighted by Gasteiger charge is -2.21. The molecular weight excluding hydrogens is 348 g/mol. The van der Waals surface area contributed by atoms with Crippen LogP contribution >= 0.6 is 11.8 Å². The molecule has 2 aromatic heterocycles. The van der Waals surface area contributed by atoms with E-state index in [4.69, 9.17) is 4.42 Å². The van der Waals surface area contributed by atoms with Crippen LogP contribution in [-0.4, -0.2) is 37.4 Å². The van der Waals surface area contributed by atoms with E-state index in [0.717, 1.165) is 35.3 Å². The van der Waals surface area contributed by atoms with E-state index in [-0.39, 0.29) is 5.91 Å². The van der Waals surface area contributed by atoms with Gasteiger partial charge in [0.15, 0.2) is 5.16 Å². The van der Waals surface area contributed by atoms with Crippen LogP contribution in [0, 0.1) is 6.92 Å². The standard InChI is InChI=1S/C19H24N4O2S/c1-12-2-9-16(25-12)10-22(14-5-6-14)17(24)11-26-19-21-20-18(13-3-4-13)23(19)15-7-8-15/h2,9,13-15H,3-8,10-11H2,1H3. The van der Waals surface area contributed by atoms with Gasteiger partial charge in [-0.25, -0.2) is 0 Å². The Bertz CT molecular complexity index is 817. The van der Waals surface area contributed by atoms with Crippen molar-refractivity contribution in [3.63, 3.8) is 0 Å². The van der Waals surface area contributed by atoms with Crippen LogP contribution in [-0.2, 0) is 11.3 Å². The van der Waals surface area contributed by atoms with Crippen LogP contribution < -0.4 is 0 Å². The number of aromatic nitrogens is 3. The van der Waals surface area contributed by atoms with Crippen molar-refractivity contribution < 1.29 is 9.21 Å². The SMILES string of the molecule is Cc1ccc(CN(C(=O)CSc2nnc(C3CC3)n2C2CC2)C2CC2)o1. The van der Waals surface area contributed by atoms with E-state index >= 15 is 0 Å². The number of nitrogens with zero attached hydrogens (tertiary/aromatic N) is 4. The predicted molar refractivity (Wildman–Crippen MR) is 98.0 cm³/mol. The van der Waals surface area contributed by atoms with Crippen LogP contribution in [0.1, 0.15) is 67.8 Å². The normalized spacial score (nSPS) is 19.7. The van der Waals surface area contributed by atoms with E-state index in [2.05, 4.69) is 14.8 Å². The summed E-state index contributed by atoms with van der Waals surface area (Å²) in [6.45, 7) is 2.51. The lowest BCUT2D eigenvalue weighted by molar-refractivity contribution is -0.129. The van der Waals surface area contributed by atoms with Crippen LogP contribution in [0.15, 0.2) is 21.7 Å². The molecule has 3 fully saturated rings. The highest BCUT2D eigenvalue weighted by Gasteiger charge is 2.37. The van der Waals surface area contributed by atoms with Crippen LogP contribution in [0.2, 0.25) is 0 Å². The zero-order valence-electron chi connectivity index (χ0n) is 15.1. The van der Waals surface area contributed by atoms with Crippen molar-refractivity contribution in [2.75, 3.05) is 5.75 Å². The van der Waals surface area contributed by atoms with Gasteiger partial charge in [0.05, 0.1) is 12.3 Å². The molecule has 0 spiro atoms. The maximum absolute atomic E-state index is 12.9. The van der Waals surface area contributed by atoms with Gasteiger partial charge in [-0.15, -0.1) is 10.2 Å². The average Bonchev–Trinajstić information content (AvgIpc) is 3.49. The molecule has 0 N–H and O–H groups in total. The minimum absolute atomic E-state index is 0.171. The molecule has 0 saturated heterocycles. The van der Waals surface area contributed by atoms with Crippen LogP contribution in [0.5, 0.6) is 0 Å². The van der Waals surface area contributed by atoms with Crippen LogP contribution in [0.25, 0.3) is 0 Å². The fraction of sp³-hybridized carbons (Fsp3) is 0.632. The highest BCUT2D eigenvalue weighted by atomic mass is 32.2. The Morgan fingerprint density at radius 3 is 2.65 bits per heavy atom. The summed E-state index contributed by atoms with van der Waals surface area (Å²) in [7, 11) is 0. The van der Waals surface area contributed by atoms with E-state index in [0.29, 0.717) is 30.3 Å². The monoisotopic (exact) mass is 372 g/mol. The fourth-order valence-electron chi connectivity index (χ4n) is 3.44. The molecule has 0 aromatic carbocycles. The molecule has 0 unspecified atom stereocenters. The minimum Gasteiger partial charge on any atom is -0.464 e. The van der Waals surface area contributed by atoms with Crippen LogP contribution in [0.3, 0.4) is 0 Å². The Morgan fingerprint density at radius 2 is 2.04 bits per heavy atom. The largest absolute Gasteiger partial charge is 0.464 e. The Balaban J connectivity index is 1.26. The number of rotatable bonds is 8. The fourth-order valence-corrected chi connectivity index (χ4v) is 4.34. The smallest absolute Gasteiger partial charge is 0.233 e. The first-order valence-corrected chi connectivity index (χ1v) is 10.6. The first-order chi connectivity index (χ1) is 12.7. The van der Waals surface area contributed by atoms with Crippen molar-refractivity contribution in [1.29, 1.82) is 0 Å². The van der Waals surface area contributed by atoms with Crippen molar-refractivity contribution in [2.24, 2.45) is 0 Å². The number of furan rings is 1. The van der Waals surface area contributed by atoms with Crippen molar-refractivity contribution in [3.05, 3.63) is 29.5 Å². The lowest BCUT2D eigenvalue weighted by Crippen LogP contribution is -2.33. The second-order valence-corrected chi connectivity index (χ2v) is 8.71. The summed E-state index contributed by atoms with van der Waals surface area (Å²) in [5.41, 5.74) is 0. The molecule has 3 aliphatic carbocycles. The quantitative estimate of drug-likeness (QED) is 0.662. The Morgan fingerprint density at radius 1 is 1.23 bits per heavy atom. The van der Waals surface area contributed by atoms with Gasteiger partial charge in [-0.2, -0.15) is 0 Å². The Labute approximate surface area is 157 Å². The topological polar surface area (TPSA) is 64.2 Å². The third-order valence-corrected chi connectivity index (χ3v) is 6.23. The van der Waals surface area contributed by atoms with Gasteiger partial charge in [0.1, 0.15) is 17.3 Å². The minimum atomic E-state index is 0.171. The van der Waals surface area contributed by atoms with Crippen molar-refractivity contribution >= 4 is 17.7 Å². The van der Waals surface area contributed by atoms with E-state index in [1.54, 1.807) is 11.8 Å². The Hall–Kier alpha value is -1.76. The first kappa shape index (κ1) is 16.4. The molecule has 2 aromatic rings. The Kier molecular flexibility index (Phi) is 4.07. The molecule has 2 heterocycles. The van der Waals surface area contributed by atoms with Gasteiger partial charge in [0, 0.05) is 18.0 Å². The van der Waals surface area contributed by atoms with Gasteiger partial charge in [-0.3, -0.25) is 4.79 Å². The number of carbonyl (C=O) groups is 1. The predicted octanol–water partition coefficient (Wildman–Crippen LogP) is 3.68. The van der Waals surface area contributed by atoms with Gasteiger partial charge >= 0.3 is 0 Å². The first-order valence-electron chi connectivity index (χ1n) is 9.61. The molecule has 1 amide bonds. The maximum atomic E-state index is 12.9. The van der Waals surface area contributed by atoms with E-state index in [1.807, 2.05) is 24.0 Å². The van der Waals surface area contributed by atoms with Crippen molar-refractivity contribution in [3.8, 4) is 0 Å². The summed E-state index contributed by atoms with van der Waals surface area (Å²) in [6.07, 6.45) is 7.08. The zero-order chi connectivity index (χ0) is 17.7. The second-order valence-electron chi connectivity index (χ2n) is 7.77. The second kappa shape index (κ2) is 6.44. The molecule has 3 saturated carbocycles. The highest BCUT2D eigenvalue weighted by Crippen LogP contribution is 2.46. The van der Waals surface area contributed by atoms with E-state index in [1.165, 1.54) is 25.7 Å². The van der Waals surface area contributed by atoms with Gasteiger partial charge in [0.2, 0.25) is 5.91 Å². The molecule has 138 valence electrons. The number of hydrogen-bond donors (Lipinski definition) is 0. The molecule has 5 rings (SSSR count). The molecule has 7 heteroatoms. The lowest BCUT2D eigenvalue weighted by atomic mass is 10.3. The molecular formula is C19H24N4O2S. The molecule has 0 atom stereocenters. The molecule has 0 radical (unpaired) electrons. The number of amides is 1. The zero-order valence-corrected chi connectivity index (χ0v) is 15.9. The average molecular weight is 372 g/mol. The number of thioether (sulfide) groups is 1. The molecule has 6 nitrogen and oxygen atoms in total. The molecule has 0 aliphatic heterocycles. The summed E-state index contributed by atoms with van der Waals surface area (Å²) >= 11 is 1.55. The van der Waals surface area contributed by atoms with Gasteiger partial charge < -0.3 is 13.9 Å².